The van der Waals surface area contributed by atoms with Crippen LogP contribution in [-0.2, 0) is 24.1 Å². The van der Waals surface area contributed by atoms with E-state index in [1.165, 1.54) is 31.4 Å². The second kappa shape index (κ2) is 5.10. The minimum Gasteiger partial charge on any atom is -0.497 e. The second-order valence-electron chi connectivity index (χ2n) is 4.25. The van der Waals surface area contributed by atoms with E-state index in [0.29, 0.717) is 5.75 Å². The first-order valence-electron chi connectivity index (χ1n) is 5.60. The lowest BCUT2D eigenvalue weighted by Crippen LogP contribution is -2.19. The Morgan fingerprint density at radius 2 is 1.84 bits per heavy atom. The van der Waals surface area contributed by atoms with Gasteiger partial charge in [0.25, 0.3) is 10.1 Å². The standard InChI is InChI=1S/C11H14O6S2/c1-16-9-2-4-11(5-3-9)19(14,15)17-10-6-7-18(12,13)8-10/h2-5,10H,6-8H2,1H3/t10-/m0/s1. The third-order valence-corrected chi connectivity index (χ3v) is 5.91. The van der Waals surface area contributed by atoms with Gasteiger partial charge in [0, 0.05) is 0 Å². The van der Waals surface area contributed by atoms with Crippen molar-refractivity contribution in [2.45, 2.75) is 17.4 Å². The third kappa shape index (κ3) is 3.46. The smallest absolute Gasteiger partial charge is 0.297 e. The van der Waals surface area contributed by atoms with Crippen LogP contribution in [0.25, 0.3) is 0 Å². The fraction of sp³-hybridized carbons (Fsp3) is 0.455. The van der Waals surface area contributed by atoms with Gasteiger partial charge >= 0.3 is 0 Å². The first-order chi connectivity index (χ1) is 8.82. The lowest BCUT2D eigenvalue weighted by molar-refractivity contribution is 0.236. The van der Waals surface area contributed by atoms with Crippen LogP contribution in [0.1, 0.15) is 6.42 Å². The zero-order valence-corrected chi connectivity index (χ0v) is 11.9. The molecule has 2 rings (SSSR count). The van der Waals surface area contributed by atoms with Crippen molar-refractivity contribution >= 4 is 20.0 Å². The molecule has 1 atom stereocenters. The highest BCUT2D eigenvalue weighted by atomic mass is 32.2. The summed E-state index contributed by atoms with van der Waals surface area (Å²) in [7, 11) is -5.63. The van der Waals surface area contributed by atoms with Gasteiger partial charge in [0.1, 0.15) is 5.75 Å². The largest absolute Gasteiger partial charge is 0.497 e. The van der Waals surface area contributed by atoms with Crippen LogP contribution in [0, 0.1) is 0 Å². The molecule has 0 unspecified atom stereocenters. The van der Waals surface area contributed by atoms with Crippen LogP contribution >= 0.6 is 0 Å². The molecule has 0 amide bonds. The van der Waals surface area contributed by atoms with Gasteiger partial charge in [-0.15, -0.1) is 0 Å². The van der Waals surface area contributed by atoms with Gasteiger partial charge in [-0.2, -0.15) is 8.42 Å². The Kier molecular flexibility index (Phi) is 3.84. The molecule has 106 valence electrons. The predicted molar refractivity (Wildman–Crippen MR) is 68.3 cm³/mol. The van der Waals surface area contributed by atoms with E-state index < -0.39 is 26.1 Å². The van der Waals surface area contributed by atoms with Gasteiger partial charge in [-0.25, -0.2) is 8.42 Å². The lowest BCUT2D eigenvalue weighted by atomic mass is 10.3. The van der Waals surface area contributed by atoms with Gasteiger partial charge in [-0.05, 0) is 30.7 Å². The average Bonchev–Trinajstić information content (AvgIpc) is 2.68. The number of hydrogen-bond acceptors (Lipinski definition) is 6. The zero-order valence-electron chi connectivity index (χ0n) is 10.3. The molecule has 8 heteroatoms. The molecule has 1 heterocycles. The minimum absolute atomic E-state index is 0.0161. The summed E-state index contributed by atoms with van der Waals surface area (Å²) < 4.78 is 56.3. The minimum atomic E-state index is -3.94. The molecule has 0 N–H and O–H groups in total. The first-order valence-corrected chi connectivity index (χ1v) is 8.83. The summed E-state index contributed by atoms with van der Waals surface area (Å²) in [6, 6.07) is 5.72. The number of ether oxygens (including phenoxy) is 1. The van der Waals surface area contributed by atoms with Gasteiger partial charge in [-0.1, -0.05) is 0 Å². The topological polar surface area (TPSA) is 86.7 Å². The highest BCUT2D eigenvalue weighted by Gasteiger charge is 2.32. The van der Waals surface area contributed by atoms with Gasteiger partial charge in [0.15, 0.2) is 9.84 Å². The maximum atomic E-state index is 11.9. The van der Waals surface area contributed by atoms with Crippen molar-refractivity contribution in [3.05, 3.63) is 24.3 Å². The fourth-order valence-electron chi connectivity index (χ4n) is 1.81. The van der Waals surface area contributed by atoms with E-state index in [2.05, 4.69) is 0 Å². The maximum absolute atomic E-state index is 11.9. The molecular formula is C11H14O6S2. The monoisotopic (exact) mass is 306 g/mol. The Bertz CT molecular complexity index is 645. The van der Waals surface area contributed by atoms with E-state index >= 15 is 0 Å². The van der Waals surface area contributed by atoms with Gasteiger partial charge in [0.05, 0.1) is 29.6 Å². The third-order valence-electron chi connectivity index (χ3n) is 2.80. The number of rotatable bonds is 4. The van der Waals surface area contributed by atoms with Crippen LogP contribution < -0.4 is 4.74 Å². The van der Waals surface area contributed by atoms with Gasteiger partial charge in [0.2, 0.25) is 0 Å². The number of hydrogen-bond donors (Lipinski definition) is 0. The van der Waals surface area contributed by atoms with Crippen molar-refractivity contribution in [1.82, 2.24) is 0 Å². The molecule has 6 nitrogen and oxygen atoms in total. The summed E-state index contributed by atoms with van der Waals surface area (Å²) in [5.74, 6) is 0.250. The Morgan fingerprint density at radius 1 is 1.21 bits per heavy atom. The van der Waals surface area contributed by atoms with Crippen LogP contribution in [0.15, 0.2) is 29.2 Å². The molecule has 19 heavy (non-hydrogen) atoms. The normalized spacial score (nSPS) is 22.3. The van der Waals surface area contributed by atoms with Crippen molar-refractivity contribution in [1.29, 1.82) is 0 Å². The Balaban J connectivity index is 2.14. The van der Waals surface area contributed by atoms with E-state index in [1.807, 2.05) is 0 Å². The second-order valence-corrected chi connectivity index (χ2v) is 8.05. The molecule has 0 saturated carbocycles. The van der Waals surface area contributed by atoms with E-state index in [0.717, 1.165) is 0 Å². The molecule has 1 aromatic rings. The van der Waals surface area contributed by atoms with Crippen molar-refractivity contribution in [3.8, 4) is 5.75 Å². The summed E-state index contributed by atoms with van der Waals surface area (Å²) in [5, 5.41) is 0. The summed E-state index contributed by atoms with van der Waals surface area (Å²) >= 11 is 0. The average molecular weight is 306 g/mol. The molecule has 0 radical (unpaired) electrons. The Labute approximate surface area is 112 Å². The number of benzene rings is 1. The molecule has 1 aromatic carbocycles. The molecular weight excluding hydrogens is 292 g/mol. The molecule has 1 aliphatic rings. The zero-order chi connectivity index (χ0) is 14.1. The van der Waals surface area contributed by atoms with Crippen LogP contribution in [0.2, 0.25) is 0 Å². The quantitative estimate of drug-likeness (QED) is 0.757. The van der Waals surface area contributed by atoms with Crippen LogP contribution in [0.3, 0.4) is 0 Å². The Morgan fingerprint density at radius 3 is 2.32 bits per heavy atom. The number of methoxy groups -OCH3 is 1. The molecule has 0 aliphatic carbocycles. The summed E-state index contributed by atoms with van der Waals surface area (Å²) in [6.45, 7) is 0. The van der Waals surface area contributed by atoms with E-state index in [1.54, 1.807) is 0 Å². The maximum Gasteiger partial charge on any atom is 0.297 e. The SMILES string of the molecule is COc1ccc(S(=O)(=O)O[C@H]2CCS(=O)(=O)C2)cc1. The highest BCUT2D eigenvalue weighted by molar-refractivity contribution is 7.91. The van der Waals surface area contributed by atoms with Gasteiger partial charge in [-0.3, -0.25) is 4.18 Å². The van der Waals surface area contributed by atoms with E-state index in [9.17, 15) is 16.8 Å². The first kappa shape index (κ1) is 14.3. The van der Waals surface area contributed by atoms with Gasteiger partial charge < -0.3 is 4.74 Å². The van der Waals surface area contributed by atoms with E-state index in [4.69, 9.17) is 8.92 Å². The van der Waals surface area contributed by atoms with Crippen molar-refractivity contribution in [3.63, 3.8) is 0 Å². The molecule has 0 aromatic heterocycles. The fourth-order valence-corrected chi connectivity index (χ4v) is 4.59. The van der Waals surface area contributed by atoms with E-state index in [-0.39, 0.29) is 22.8 Å². The van der Waals surface area contributed by atoms with Crippen LogP contribution in [0.4, 0.5) is 0 Å². The lowest BCUT2D eigenvalue weighted by Gasteiger charge is -2.10. The summed E-state index contributed by atoms with van der Waals surface area (Å²) in [6.07, 6.45) is -0.588. The van der Waals surface area contributed by atoms with Crippen molar-refractivity contribution in [2.24, 2.45) is 0 Å². The molecule has 1 fully saturated rings. The highest BCUT2D eigenvalue weighted by Crippen LogP contribution is 2.22. The van der Waals surface area contributed by atoms with Crippen LogP contribution in [-0.4, -0.2) is 41.6 Å². The summed E-state index contributed by atoms with van der Waals surface area (Å²) in [4.78, 5) is -0.0161. The predicted octanol–water partition coefficient (Wildman–Crippen LogP) is 0.588. The summed E-state index contributed by atoms with van der Waals surface area (Å²) in [5.41, 5.74) is 0. The molecule has 1 saturated heterocycles. The molecule has 0 bridgehead atoms. The van der Waals surface area contributed by atoms with Crippen molar-refractivity contribution < 1.29 is 25.8 Å². The Hall–Kier alpha value is -1.12. The molecule has 1 aliphatic heterocycles. The van der Waals surface area contributed by atoms with Crippen molar-refractivity contribution in [2.75, 3.05) is 18.6 Å². The number of sulfone groups is 1. The van der Waals surface area contributed by atoms with Crippen LogP contribution in [0.5, 0.6) is 5.75 Å². The molecule has 0 spiro atoms.